The van der Waals surface area contributed by atoms with Crippen LogP contribution >= 0.6 is 0 Å². The van der Waals surface area contributed by atoms with Crippen molar-refractivity contribution in [3.05, 3.63) is 84.0 Å². The number of benzene rings is 2. The second kappa shape index (κ2) is 8.03. The molecule has 3 rings (SSSR count). The summed E-state index contributed by atoms with van der Waals surface area (Å²) in [6.07, 6.45) is 2.43. The first kappa shape index (κ1) is 18.6. The quantitative estimate of drug-likeness (QED) is 0.685. The molecule has 0 bridgehead atoms. The van der Waals surface area contributed by atoms with E-state index < -0.39 is 18.0 Å². The Morgan fingerprint density at radius 2 is 1.85 bits per heavy atom. The Kier molecular flexibility index (Phi) is 5.54. The normalized spacial score (nSPS) is 17.0. The number of carbonyl (C=O) groups excluding carboxylic acids is 1. The van der Waals surface area contributed by atoms with E-state index in [-0.39, 0.29) is 17.9 Å². The van der Waals surface area contributed by atoms with Crippen molar-refractivity contribution >= 4 is 17.6 Å². The van der Waals surface area contributed by atoms with Gasteiger partial charge in [0, 0.05) is 5.56 Å². The minimum Gasteiger partial charge on any atom is -0.406 e. The number of carbonyl (C=O) groups is 1. The van der Waals surface area contributed by atoms with Gasteiger partial charge in [0.1, 0.15) is 5.75 Å². The molecule has 0 amide bonds. The number of nitrogens with zero attached hydrogens (tertiary/aromatic N) is 1. The monoisotopic (exact) mass is 371 g/mol. The van der Waals surface area contributed by atoms with Gasteiger partial charge in [-0.2, -0.15) is 0 Å². The van der Waals surface area contributed by atoms with Gasteiger partial charge in [0.2, 0.25) is 0 Å². The van der Waals surface area contributed by atoms with Crippen LogP contribution in [0.2, 0.25) is 0 Å². The highest BCUT2D eigenvalue weighted by Crippen LogP contribution is 2.25. The highest BCUT2D eigenvalue weighted by atomic mass is 19.4. The molecule has 27 heavy (non-hydrogen) atoms. The zero-order valence-electron chi connectivity index (χ0n) is 14.2. The second-order valence-electron chi connectivity index (χ2n) is 5.92. The Bertz CT molecular complexity index is 899. The molecule has 1 heterocycles. The van der Waals surface area contributed by atoms with Crippen LogP contribution < -0.4 is 4.74 Å². The molecule has 1 unspecified atom stereocenters. The topological polar surface area (TPSA) is 38.7 Å². The van der Waals surface area contributed by atoms with Gasteiger partial charge >= 0.3 is 6.36 Å². The minimum atomic E-state index is -4.79. The summed E-state index contributed by atoms with van der Waals surface area (Å²) >= 11 is 0. The molecule has 1 aliphatic heterocycles. The van der Waals surface area contributed by atoms with Crippen LogP contribution in [0, 0.1) is 5.92 Å². The Morgan fingerprint density at radius 3 is 2.52 bits per heavy atom. The first-order valence-electron chi connectivity index (χ1n) is 8.26. The molecule has 3 nitrogen and oxygen atoms in total. The number of ketones is 1. The number of alkyl halides is 3. The van der Waals surface area contributed by atoms with Crippen molar-refractivity contribution in [2.24, 2.45) is 10.9 Å². The molecule has 0 aromatic heterocycles. The van der Waals surface area contributed by atoms with Crippen molar-refractivity contribution in [1.29, 1.82) is 0 Å². The van der Waals surface area contributed by atoms with Gasteiger partial charge in [0.05, 0.1) is 18.2 Å². The molecule has 0 N–H and O–H groups in total. The van der Waals surface area contributed by atoms with Crippen LogP contribution in [-0.2, 0) is 0 Å². The van der Waals surface area contributed by atoms with E-state index in [4.69, 9.17) is 0 Å². The maximum absolute atomic E-state index is 12.5. The Balaban J connectivity index is 1.65. The lowest BCUT2D eigenvalue weighted by Crippen LogP contribution is -2.20. The molecule has 0 fully saturated rings. The number of aliphatic imine (C=N–C) groups is 1. The highest BCUT2D eigenvalue weighted by molar-refractivity contribution is 6.08. The minimum absolute atomic E-state index is 0.157. The number of hydrogen-bond donors (Lipinski definition) is 0. The summed E-state index contributed by atoms with van der Waals surface area (Å²) in [6, 6.07) is 14.8. The fourth-order valence-electron chi connectivity index (χ4n) is 2.62. The molecule has 1 atom stereocenters. The van der Waals surface area contributed by atoms with E-state index in [0.717, 1.165) is 23.4 Å². The Labute approximate surface area is 154 Å². The van der Waals surface area contributed by atoms with Gasteiger partial charge in [0.15, 0.2) is 5.78 Å². The van der Waals surface area contributed by atoms with Crippen molar-refractivity contribution in [1.82, 2.24) is 0 Å². The molecule has 0 aliphatic carbocycles. The molecule has 0 saturated carbocycles. The molecule has 2 aromatic rings. The predicted molar refractivity (Wildman–Crippen MR) is 97.9 cm³/mol. The third-order valence-electron chi connectivity index (χ3n) is 3.90. The van der Waals surface area contributed by atoms with Gasteiger partial charge in [-0.15, -0.1) is 13.2 Å². The van der Waals surface area contributed by atoms with E-state index in [9.17, 15) is 18.0 Å². The zero-order chi connectivity index (χ0) is 19.3. The van der Waals surface area contributed by atoms with Gasteiger partial charge in [0.25, 0.3) is 0 Å². The van der Waals surface area contributed by atoms with E-state index in [2.05, 4.69) is 9.73 Å². The smallest absolute Gasteiger partial charge is 0.406 e. The van der Waals surface area contributed by atoms with Crippen molar-refractivity contribution in [3.8, 4) is 5.75 Å². The van der Waals surface area contributed by atoms with E-state index in [1.165, 1.54) is 12.1 Å². The van der Waals surface area contributed by atoms with Crippen LogP contribution in [0.3, 0.4) is 0 Å². The van der Waals surface area contributed by atoms with Gasteiger partial charge in [-0.25, -0.2) is 0 Å². The molecular weight excluding hydrogens is 355 g/mol. The Morgan fingerprint density at radius 1 is 1.07 bits per heavy atom. The molecule has 2 aromatic carbocycles. The average molecular weight is 371 g/mol. The summed E-state index contributed by atoms with van der Waals surface area (Å²) in [4.78, 5) is 16.9. The Hall–Kier alpha value is -3.15. The van der Waals surface area contributed by atoms with Crippen molar-refractivity contribution < 1.29 is 22.7 Å². The maximum Gasteiger partial charge on any atom is 0.573 e. The summed E-state index contributed by atoms with van der Waals surface area (Å²) < 4.78 is 40.8. The average Bonchev–Trinajstić information content (AvgIpc) is 2.66. The lowest BCUT2D eigenvalue weighted by molar-refractivity contribution is -0.274. The summed E-state index contributed by atoms with van der Waals surface area (Å²) in [5, 5.41) is 0. The lowest BCUT2D eigenvalue weighted by Gasteiger charge is -2.15. The summed E-state index contributed by atoms with van der Waals surface area (Å²) in [7, 11) is 0. The fraction of sp³-hybridized carbons (Fsp3) is 0.143. The van der Waals surface area contributed by atoms with Crippen LogP contribution in [0.5, 0.6) is 5.75 Å². The van der Waals surface area contributed by atoms with E-state index in [1.54, 1.807) is 12.2 Å². The molecule has 6 heteroatoms. The van der Waals surface area contributed by atoms with Crippen molar-refractivity contribution in [2.75, 3.05) is 6.54 Å². The van der Waals surface area contributed by atoms with E-state index in [0.29, 0.717) is 0 Å². The molecule has 138 valence electrons. The number of hydrogen-bond acceptors (Lipinski definition) is 3. The van der Waals surface area contributed by atoms with Crippen LogP contribution in [0.15, 0.2) is 77.8 Å². The first-order chi connectivity index (χ1) is 12.9. The van der Waals surface area contributed by atoms with Crippen molar-refractivity contribution in [2.45, 2.75) is 6.36 Å². The second-order valence-corrected chi connectivity index (χ2v) is 5.92. The lowest BCUT2D eigenvalue weighted by atomic mass is 9.95. The zero-order valence-corrected chi connectivity index (χ0v) is 14.2. The van der Waals surface area contributed by atoms with Crippen LogP contribution in [0.25, 0.3) is 6.08 Å². The van der Waals surface area contributed by atoms with E-state index >= 15 is 0 Å². The van der Waals surface area contributed by atoms with E-state index in [1.807, 2.05) is 42.5 Å². The first-order valence-corrected chi connectivity index (χ1v) is 8.26. The molecule has 0 radical (unpaired) electrons. The van der Waals surface area contributed by atoms with Crippen molar-refractivity contribution in [3.63, 3.8) is 0 Å². The highest BCUT2D eigenvalue weighted by Gasteiger charge is 2.31. The molecule has 0 saturated heterocycles. The third-order valence-corrected chi connectivity index (χ3v) is 3.90. The number of halogens is 3. The molecule has 0 spiro atoms. The fourth-order valence-corrected chi connectivity index (χ4v) is 2.62. The summed E-state index contributed by atoms with van der Waals surface area (Å²) in [5.41, 5.74) is 1.93. The van der Waals surface area contributed by atoms with Crippen LogP contribution in [0.4, 0.5) is 13.2 Å². The maximum atomic E-state index is 12.5. The number of allylic oxidation sites excluding steroid dienone is 2. The largest absolute Gasteiger partial charge is 0.573 e. The van der Waals surface area contributed by atoms with Crippen LogP contribution in [0.1, 0.15) is 15.9 Å². The van der Waals surface area contributed by atoms with Gasteiger partial charge in [-0.1, -0.05) is 54.6 Å². The standard InChI is InChI=1S/C21H16F3NO2/c22-21(23,24)27-19-8-4-7-16(13-19)20(26)17-10-12-18(25-14-17)11-9-15-5-2-1-3-6-15/h1-13,17H,14H2/b11-9+. The predicted octanol–water partition coefficient (Wildman–Crippen LogP) is 5.11. The van der Waals surface area contributed by atoms with Gasteiger partial charge < -0.3 is 4.74 Å². The SMILES string of the molecule is O=C(c1cccc(OC(F)(F)F)c1)C1C=CC(/C=C/c2ccccc2)=NC1. The molecule has 1 aliphatic rings. The van der Waals surface area contributed by atoms with Crippen LogP contribution in [-0.4, -0.2) is 24.4 Å². The summed E-state index contributed by atoms with van der Waals surface area (Å²) in [6.45, 7) is 0.244. The summed E-state index contributed by atoms with van der Waals surface area (Å²) in [5.74, 6) is -1.23. The number of dihydropyridines is 1. The number of Topliss-reactive ketones (excluding diaryl/α,β-unsaturated/α-hetero) is 1. The van der Waals surface area contributed by atoms with Gasteiger partial charge in [-0.3, -0.25) is 9.79 Å². The van der Waals surface area contributed by atoms with Gasteiger partial charge in [-0.05, 0) is 29.8 Å². The molecular formula is C21H16F3NO2. The number of ether oxygens (including phenoxy) is 1. The third kappa shape index (κ3) is 5.41. The number of rotatable bonds is 5.